The number of amides is 1. The Morgan fingerprint density at radius 2 is 1.93 bits per heavy atom. The zero-order valence-corrected chi connectivity index (χ0v) is 16.1. The van der Waals surface area contributed by atoms with Crippen LogP contribution in [-0.2, 0) is 13.5 Å². The van der Waals surface area contributed by atoms with Crippen molar-refractivity contribution in [1.82, 2.24) is 14.9 Å². The molecular weight excluding hydrogens is 362 g/mol. The molecule has 5 heteroatoms. The van der Waals surface area contributed by atoms with Crippen LogP contribution in [-0.4, -0.2) is 22.0 Å². The highest BCUT2D eigenvalue weighted by Gasteiger charge is 2.09. The van der Waals surface area contributed by atoms with Crippen LogP contribution < -0.4 is 10.9 Å². The lowest BCUT2D eigenvalue weighted by Gasteiger charge is -2.10. The Kier molecular flexibility index (Phi) is 5.20. The molecule has 144 valence electrons. The minimum absolute atomic E-state index is 0.0429. The number of nitrogens with one attached hydrogen (secondary N) is 1. The lowest BCUT2D eigenvalue weighted by molar-refractivity contribution is 0.0954. The number of hydrogen-bond donors (Lipinski definition) is 1. The van der Waals surface area contributed by atoms with Gasteiger partial charge < -0.3 is 9.88 Å². The van der Waals surface area contributed by atoms with Gasteiger partial charge in [0, 0.05) is 49.7 Å². The van der Waals surface area contributed by atoms with Gasteiger partial charge in [-0.3, -0.25) is 14.6 Å². The largest absolute Gasteiger partial charge is 0.352 e. The summed E-state index contributed by atoms with van der Waals surface area (Å²) in [5.41, 5.74) is 3.52. The normalized spacial score (nSPS) is 10.8. The number of aryl methyl sites for hydroxylation is 1. The predicted molar refractivity (Wildman–Crippen MR) is 115 cm³/mol. The SMILES string of the molecule is Cn1cc(-c2cccc3cc(C(=O)NCCc4ccccn4)ccc23)ccc1=O. The molecule has 29 heavy (non-hydrogen) atoms. The van der Waals surface area contributed by atoms with Crippen molar-refractivity contribution in [3.63, 3.8) is 0 Å². The van der Waals surface area contributed by atoms with Crippen LogP contribution in [0, 0.1) is 0 Å². The fourth-order valence-electron chi connectivity index (χ4n) is 3.38. The highest BCUT2D eigenvalue weighted by molar-refractivity contribution is 6.02. The van der Waals surface area contributed by atoms with E-state index in [1.165, 1.54) is 0 Å². The quantitative estimate of drug-likeness (QED) is 0.573. The molecule has 0 aliphatic rings. The van der Waals surface area contributed by atoms with E-state index in [1.807, 2.05) is 66.9 Å². The number of hydrogen-bond acceptors (Lipinski definition) is 3. The van der Waals surface area contributed by atoms with E-state index in [4.69, 9.17) is 0 Å². The molecule has 4 rings (SSSR count). The first-order chi connectivity index (χ1) is 14.1. The summed E-state index contributed by atoms with van der Waals surface area (Å²) in [5, 5.41) is 4.97. The van der Waals surface area contributed by atoms with Crippen molar-refractivity contribution in [1.29, 1.82) is 0 Å². The average molecular weight is 383 g/mol. The summed E-state index contributed by atoms with van der Waals surface area (Å²) in [5.74, 6) is -0.102. The number of aromatic nitrogens is 2. The van der Waals surface area contributed by atoms with Crippen molar-refractivity contribution in [2.75, 3.05) is 6.54 Å². The standard InChI is InChI=1S/C24H21N3O2/c1-27-16-19(9-11-23(27)28)21-7-4-5-17-15-18(8-10-22(17)21)24(29)26-14-12-20-6-2-3-13-25-20/h2-11,13,15-16H,12,14H2,1H3,(H,26,29). The maximum Gasteiger partial charge on any atom is 0.251 e. The second-order valence-electron chi connectivity index (χ2n) is 6.94. The number of pyridine rings is 2. The maximum absolute atomic E-state index is 12.5. The summed E-state index contributed by atoms with van der Waals surface area (Å²) >= 11 is 0. The number of fused-ring (bicyclic) bond motifs is 1. The van der Waals surface area contributed by atoms with Gasteiger partial charge in [-0.2, -0.15) is 0 Å². The monoisotopic (exact) mass is 383 g/mol. The molecule has 0 fully saturated rings. The van der Waals surface area contributed by atoms with Crippen LogP contribution in [0.25, 0.3) is 21.9 Å². The third kappa shape index (κ3) is 4.09. The fraction of sp³-hybridized carbons (Fsp3) is 0.125. The number of carbonyl (C=O) groups is 1. The fourth-order valence-corrected chi connectivity index (χ4v) is 3.38. The Morgan fingerprint density at radius 3 is 2.72 bits per heavy atom. The molecule has 1 amide bonds. The van der Waals surface area contributed by atoms with Crippen LogP contribution >= 0.6 is 0 Å². The Hall–Kier alpha value is -3.73. The maximum atomic E-state index is 12.5. The lowest BCUT2D eigenvalue weighted by Crippen LogP contribution is -2.25. The summed E-state index contributed by atoms with van der Waals surface area (Å²) in [7, 11) is 1.74. The first kappa shape index (κ1) is 18.6. The summed E-state index contributed by atoms with van der Waals surface area (Å²) in [6.45, 7) is 0.534. The number of rotatable bonds is 5. The summed E-state index contributed by atoms with van der Waals surface area (Å²) in [6.07, 6.45) is 4.27. The van der Waals surface area contributed by atoms with Crippen LogP contribution in [0.5, 0.6) is 0 Å². The Morgan fingerprint density at radius 1 is 1.03 bits per heavy atom. The first-order valence-corrected chi connectivity index (χ1v) is 9.50. The molecule has 0 spiro atoms. The Balaban J connectivity index is 1.55. The van der Waals surface area contributed by atoms with Gasteiger partial charge in [0.2, 0.25) is 5.56 Å². The number of nitrogens with zero attached hydrogens (tertiary/aromatic N) is 2. The number of benzene rings is 2. The van der Waals surface area contributed by atoms with Gasteiger partial charge in [-0.15, -0.1) is 0 Å². The zero-order valence-electron chi connectivity index (χ0n) is 16.1. The molecule has 5 nitrogen and oxygen atoms in total. The molecule has 1 N–H and O–H groups in total. The van der Waals surface area contributed by atoms with E-state index in [1.54, 1.807) is 23.9 Å². The zero-order chi connectivity index (χ0) is 20.2. The second kappa shape index (κ2) is 8.10. The van der Waals surface area contributed by atoms with Gasteiger partial charge in [0.05, 0.1) is 0 Å². The molecule has 2 aromatic carbocycles. The Labute approximate surface area is 168 Å². The van der Waals surface area contributed by atoms with Crippen molar-refractivity contribution in [2.24, 2.45) is 7.05 Å². The van der Waals surface area contributed by atoms with Crippen molar-refractivity contribution >= 4 is 16.7 Å². The van der Waals surface area contributed by atoms with Crippen LogP contribution in [0.15, 0.2) is 83.9 Å². The summed E-state index contributed by atoms with van der Waals surface area (Å²) < 4.78 is 1.57. The third-order valence-corrected chi connectivity index (χ3v) is 4.93. The lowest BCUT2D eigenvalue weighted by atomic mass is 9.97. The molecule has 0 atom stereocenters. The summed E-state index contributed by atoms with van der Waals surface area (Å²) in [6, 6.07) is 20.8. The molecule has 0 unspecified atom stereocenters. The predicted octanol–water partition coefficient (Wildman–Crippen LogP) is 3.57. The van der Waals surface area contributed by atoms with Crippen molar-refractivity contribution < 1.29 is 4.79 Å². The van der Waals surface area contributed by atoms with Gasteiger partial charge in [0.15, 0.2) is 0 Å². The van der Waals surface area contributed by atoms with E-state index in [9.17, 15) is 9.59 Å². The van der Waals surface area contributed by atoms with Gasteiger partial charge in [-0.1, -0.05) is 30.3 Å². The minimum atomic E-state index is -0.102. The van der Waals surface area contributed by atoms with E-state index >= 15 is 0 Å². The molecule has 0 aliphatic carbocycles. The summed E-state index contributed by atoms with van der Waals surface area (Å²) in [4.78, 5) is 28.5. The van der Waals surface area contributed by atoms with Crippen LogP contribution in [0.3, 0.4) is 0 Å². The van der Waals surface area contributed by atoms with Crippen LogP contribution in [0.2, 0.25) is 0 Å². The van der Waals surface area contributed by atoms with E-state index in [2.05, 4.69) is 10.3 Å². The molecule has 2 heterocycles. The molecule has 0 saturated carbocycles. The molecular formula is C24H21N3O2. The molecule has 0 aliphatic heterocycles. The van der Waals surface area contributed by atoms with Gasteiger partial charge in [-0.05, 0) is 52.2 Å². The van der Waals surface area contributed by atoms with E-state index < -0.39 is 0 Å². The number of carbonyl (C=O) groups excluding carboxylic acids is 1. The topological polar surface area (TPSA) is 64.0 Å². The van der Waals surface area contributed by atoms with Gasteiger partial charge in [0.1, 0.15) is 0 Å². The second-order valence-corrected chi connectivity index (χ2v) is 6.94. The van der Waals surface area contributed by atoms with Crippen molar-refractivity contribution in [3.05, 3.63) is 101 Å². The Bertz CT molecular complexity index is 1230. The molecule has 0 bridgehead atoms. The molecule has 0 saturated heterocycles. The highest BCUT2D eigenvalue weighted by atomic mass is 16.1. The van der Waals surface area contributed by atoms with E-state index in [0.29, 0.717) is 18.5 Å². The van der Waals surface area contributed by atoms with Crippen molar-refractivity contribution in [2.45, 2.75) is 6.42 Å². The first-order valence-electron chi connectivity index (χ1n) is 9.50. The van der Waals surface area contributed by atoms with Gasteiger partial charge >= 0.3 is 0 Å². The van der Waals surface area contributed by atoms with Gasteiger partial charge in [0.25, 0.3) is 5.91 Å². The molecule has 2 aromatic heterocycles. The van der Waals surface area contributed by atoms with E-state index in [-0.39, 0.29) is 11.5 Å². The van der Waals surface area contributed by atoms with Crippen LogP contribution in [0.4, 0.5) is 0 Å². The molecule has 4 aromatic rings. The third-order valence-electron chi connectivity index (χ3n) is 4.93. The van der Waals surface area contributed by atoms with E-state index in [0.717, 1.165) is 27.6 Å². The minimum Gasteiger partial charge on any atom is -0.352 e. The van der Waals surface area contributed by atoms with Gasteiger partial charge in [-0.25, -0.2) is 0 Å². The van der Waals surface area contributed by atoms with Crippen molar-refractivity contribution in [3.8, 4) is 11.1 Å². The average Bonchev–Trinajstić information content (AvgIpc) is 2.75. The molecule has 0 radical (unpaired) electrons. The highest BCUT2D eigenvalue weighted by Crippen LogP contribution is 2.28. The smallest absolute Gasteiger partial charge is 0.251 e. The van der Waals surface area contributed by atoms with Crippen LogP contribution in [0.1, 0.15) is 16.1 Å².